The van der Waals surface area contributed by atoms with Crippen LogP contribution in [0.15, 0.2) is 30.4 Å². The number of hydrogen-bond donors (Lipinski definition) is 3. The second kappa shape index (κ2) is 8.90. The third-order valence-electron chi connectivity index (χ3n) is 4.37. The molecule has 0 aromatic heterocycles. The van der Waals surface area contributed by atoms with Crippen LogP contribution in [0.5, 0.6) is 5.75 Å². The molecule has 0 radical (unpaired) electrons. The van der Waals surface area contributed by atoms with Gasteiger partial charge in [-0.25, -0.2) is 0 Å². The van der Waals surface area contributed by atoms with E-state index >= 15 is 0 Å². The summed E-state index contributed by atoms with van der Waals surface area (Å²) in [7, 11) is 0. The standard InChI is InChI=1S/C20H30O3/c1-6-16(8-9-19(22)18(7-2)15(5)21)12-17-10-13(3)20(23)14(4)11-17/h7,10-12,15,18-19,21-23H,2,6,8-9H2,1,3-5H3/b16-12+/t15-,18+,19-/m1/s1. The Kier molecular flexibility index (Phi) is 7.53. The molecule has 3 nitrogen and oxygen atoms in total. The highest BCUT2D eigenvalue weighted by Gasteiger charge is 2.20. The summed E-state index contributed by atoms with van der Waals surface area (Å²) in [5, 5.41) is 29.7. The zero-order valence-corrected chi connectivity index (χ0v) is 14.7. The number of phenolic OH excluding ortho intramolecular Hbond substituents is 1. The van der Waals surface area contributed by atoms with Crippen molar-refractivity contribution >= 4 is 6.08 Å². The molecule has 1 aromatic carbocycles. The average Bonchev–Trinajstić information content (AvgIpc) is 2.49. The minimum absolute atomic E-state index is 0.300. The largest absolute Gasteiger partial charge is 0.507 e. The predicted octanol–water partition coefficient (Wildman–Crippen LogP) is 4.13. The fraction of sp³-hybridized carbons (Fsp3) is 0.500. The minimum atomic E-state index is -0.598. The third-order valence-corrected chi connectivity index (χ3v) is 4.37. The van der Waals surface area contributed by atoms with Crippen molar-refractivity contribution < 1.29 is 15.3 Å². The summed E-state index contributed by atoms with van der Waals surface area (Å²) >= 11 is 0. The lowest BCUT2D eigenvalue weighted by molar-refractivity contribution is 0.0421. The first-order valence-electron chi connectivity index (χ1n) is 8.28. The third kappa shape index (κ3) is 5.52. The Morgan fingerprint density at radius 1 is 1.22 bits per heavy atom. The van der Waals surface area contributed by atoms with Crippen LogP contribution in [0.1, 0.15) is 49.8 Å². The molecule has 0 bridgehead atoms. The molecule has 0 saturated carbocycles. The van der Waals surface area contributed by atoms with E-state index in [1.54, 1.807) is 13.0 Å². The molecule has 1 aromatic rings. The number of aromatic hydroxyl groups is 1. The quantitative estimate of drug-likeness (QED) is 0.632. The number of benzene rings is 1. The van der Waals surface area contributed by atoms with Crippen LogP contribution in [-0.4, -0.2) is 27.5 Å². The molecule has 0 saturated heterocycles. The van der Waals surface area contributed by atoms with Crippen molar-refractivity contribution in [2.24, 2.45) is 5.92 Å². The molecule has 128 valence electrons. The van der Waals surface area contributed by atoms with Gasteiger partial charge < -0.3 is 15.3 Å². The van der Waals surface area contributed by atoms with Gasteiger partial charge in [0.05, 0.1) is 12.2 Å². The van der Waals surface area contributed by atoms with E-state index in [0.717, 1.165) is 29.5 Å². The molecular formula is C20H30O3. The summed E-state index contributed by atoms with van der Waals surface area (Å²) in [5.41, 5.74) is 4.04. The summed E-state index contributed by atoms with van der Waals surface area (Å²) in [6, 6.07) is 3.94. The monoisotopic (exact) mass is 318 g/mol. The first-order valence-corrected chi connectivity index (χ1v) is 8.28. The van der Waals surface area contributed by atoms with Gasteiger partial charge in [0.25, 0.3) is 0 Å². The van der Waals surface area contributed by atoms with Gasteiger partial charge >= 0.3 is 0 Å². The van der Waals surface area contributed by atoms with E-state index in [1.165, 1.54) is 5.57 Å². The SMILES string of the molecule is C=C[C@H]([C@H](O)CC/C(=C/c1cc(C)c(O)c(C)c1)CC)[C@@H](C)O. The molecule has 0 fully saturated rings. The normalized spacial score (nSPS) is 16.0. The average molecular weight is 318 g/mol. The van der Waals surface area contributed by atoms with E-state index in [-0.39, 0.29) is 5.92 Å². The van der Waals surface area contributed by atoms with Gasteiger partial charge in [0.15, 0.2) is 0 Å². The van der Waals surface area contributed by atoms with Crippen molar-refractivity contribution in [2.45, 2.75) is 59.2 Å². The Bertz CT molecular complexity index is 535. The number of aryl methyl sites for hydroxylation is 2. The van der Waals surface area contributed by atoms with Crippen molar-refractivity contribution in [3.05, 3.63) is 47.1 Å². The van der Waals surface area contributed by atoms with Crippen molar-refractivity contribution in [3.63, 3.8) is 0 Å². The van der Waals surface area contributed by atoms with Crippen LogP contribution in [-0.2, 0) is 0 Å². The van der Waals surface area contributed by atoms with Crippen LogP contribution in [0.2, 0.25) is 0 Å². The Morgan fingerprint density at radius 2 is 1.78 bits per heavy atom. The molecule has 0 aliphatic carbocycles. The minimum Gasteiger partial charge on any atom is -0.507 e. The van der Waals surface area contributed by atoms with Crippen LogP contribution < -0.4 is 0 Å². The number of hydrogen-bond acceptors (Lipinski definition) is 3. The summed E-state index contributed by atoms with van der Waals surface area (Å²) in [4.78, 5) is 0. The van der Waals surface area contributed by atoms with Crippen LogP contribution >= 0.6 is 0 Å². The molecule has 3 atom stereocenters. The lowest BCUT2D eigenvalue weighted by Gasteiger charge is -2.22. The second-order valence-corrected chi connectivity index (χ2v) is 6.32. The van der Waals surface area contributed by atoms with E-state index < -0.39 is 12.2 Å². The smallest absolute Gasteiger partial charge is 0.121 e. The van der Waals surface area contributed by atoms with E-state index in [9.17, 15) is 15.3 Å². The number of phenols is 1. The Balaban J connectivity index is 2.83. The molecule has 3 N–H and O–H groups in total. The lowest BCUT2D eigenvalue weighted by Crippen LogP contribution is -2.28. The van der Waals surface area contributed by atoms with Gasteiger partial charge in [0, 0.05) is 5.92 Å². The van der Waals surface area contributed by atoms with E-state index in [0.29, 0.717) is 12.2 Å². The summed E-state index contributed by atoms with van der Waals surface area (Å²) in [5.74, 6) is 0.0487. The van der Waals surface area contributed by atoms with Gasteiger partial charge in [-0.1, -0.05) is 24.6 Å². The Hall–Kier alpha value is -1.58. The molecule has 0 amide bonds. The molecule has 0 spiro atoms. The van der Waals surface area contributed by atoms with Gasteiger partial charge in [0.1, 0.15) is 5.75 Å². The van der Waals surface area contributed by atoms with E-state index in [1.807, 2.05) is 26.0 Å². The molecule has 0 aliphatic rings. The summed E-state index contributed by atoms with van der Waals surface area (Å²) in [6.45, 7) is 11.2. The topological polar surface area (TPSA) is 60.7 Å². The van der Waals surface area contributed by atoms with Crippen molar-refractivity contribution in [2.75, 3.05) is 0 Å². The highest BCUT2D eigenvalue weighted by atomic mass is 16.3. The molecular weight excluding hydrogens is 288 g/mol. The molecule has 0 heterocycles. The Morgan fingerprint density at radius 3 is 2.22 bits per heavy atom. The lowest BCUT2D eigenvalue weighted by atomic mass is 9.91. The molecule has 23 heavy (non-hydrogen) atoms. The number of rotatable bonds is 8. The summed E-state index contributed by atoms with van der Waals surface area (Å²) < 4.78 is 0. The van der Waals surface area contributed by atoms with Gasteiger partial charge in [-0.2, -0.15) is 0 Å². The molecule has 1 rings (SSSR count). The number of aliphatic hydroxyl groups excluding tert-OH is 2. The number of aliphatic hydroxyl groups is 2. The van der Waals surface area contributed by atoms with Gasteiger partial charge in [-0.15, -0.1) is 6.58 Å². The maximum absolute atomic E-state index is 10.2. The van der Waals surface area contributed by atoms with Crippen molar-refractivity contribution in [1.29, 1.82) is 0 Å². The van der Waals surface area contributed by atoms with Gasteiger partial charge in [0.2, 0.25) is 0 Å². The fourth-order valence-electron chi connectivity index (χ4n) is 2.86. The van der Waals surface area contributed by atoms with Crippen molar-refractivity contribution in [1.82, 2.24) is 0 Å². The highest BCUT2D eigenvalue weighted by Crippen LogP contribution is 2.26. The van der Waals surface area contributed by atoms with Crippen molar-refractivity contribution in [3.8, 4) is 5.75 Å². The molecule has 0 aliphatic heterocycles. The van der Waals surface area contributed by atoms with Crippen LogP contribution in [0.3, 0.4) is 0 Å². The zero-order chi connectivity index (χ0) is 17.6. The first-order chi connectivity index (χ1) is 10.8. The molecule has 0 unspecified atom stereocenters. The number of allylic oxidation sites excluding steroid dienone is 1. The van der Waals surface area contributed by atoms with Gasteiger partial charge in [-0.05, 0) is 68.9 Å². The van der Waals surface area contributed by atoms with E-state index in [2.05, 4.69) is 19.6 Å². The second-order valence-electron chi connectivity index (χ2n) is 6.32. The first kappa shape index (κ1) is 19.5. The molecule has 3 heteroatoms. The van der Waals surface area contributed by atoms with Crippen LogP contribution in [0.25, 0.3) is 6.08 Å². The summed E-state index contributed by atoms with van der Waals surface area (Å²) in [6.07, 6.45) is 4.82. The fourth-order valence-corrected chi connectivity index (χ4v) is 2.86. The maximum atomic E-state index is 10.2. The highest BCUT2D eigenvalue weighted by molar-refractivity contribution is 5.58. The maximum Gasteiger partial charge on any atom is 0.121 e. The van der Waals surface area contributed by atoms with Crippen LogP contribution in [0, 0.1) is 19.8 Å². The predicted molar refractivity (Wildman–Crippen MR) is 96.5 cm³/mol. The zero-order valence-electron chi connectivity index (χ0n) is 14.7. The van der Waals surface area contributed by atoms with E-state index in [4.69, 9.17) is 0 Å². The van der Waals surface area contributed by atoms with Gasteiger partial charge in [-0.3, -0.25) is 0 Å². The Labute approximate surface area is 140 Å². The van der Waals surface area contributed by atoms with Crippen LogP contribution in [0.4, 0.5) is 0 Å².